The van der Waals surface area contributed by atoms with Crippen LogP contribution in [0.3, 0.4) is 0 Å². The monoisotopic (exact) mass is 691 g/mol. The number of thiophene rings is 1. The molecule has 2 heterocycles. The molecule has 0 fully saturated rings. The van der Waals surface area contributed by atoms with Crippen LogP contribution in [0.25, 0.3) is 65.5 Å². The van der Waals surface area contributed by atoms with Crippen LogP contribution in [0.5, 0.6) is 0 Å². The summed E-state index contributed by atoms with van der Waals surface area (Å²) in [5.41, 5.74) is 4.83. The Kier molecular flexibility index (Phi) is 7.93. The van der Waals surface area contributed by atoms with Crippen LogP contribution < -0.4 is 15.9 Å². The topological polar surface area (TPSA) is 55.7 Å². The highest BCUT2D eigenvalue weighted by atomic mass is 32.1. The molecular formula is C45H30N3OPS. The second kappa shape index (κ2) is 13.0. The standard InChI is InChI=1S/C45H30N3OPS/c49-50(35-21-9-3-10-22-35,36-23-11-4-12-24-36)37-25-15-20-33(28-37)44-46-43(32-18-7-2-8-19-32)47-45(48-44)39-29-34(31-16-5-1-6-17-31)30-41-42(39)38-26-13-14-27-40(38)51-41/h1-30H. The summed E-state index contributed by atoms with van der Waals surface area (Å²) in [7, 11) is -3.23. The van der Waals surface area contributed by atoms with Gasteiger partial charge in [-0.3, -0.25) is 0 Å². The zero-order valence-corrected chi connectivity index (χ0v) is 29.1. The van der Waals surface area contributed by atoms with E-state index in [1.807, 2.05) is 121 Å². The van der Waals surface area contributed by atoms with Crippen molar-refractivity contribution in [3.05, 3.63) is 182 Å². The van der Waals surface area contributed by atoms with E-state index in [1.165, 1.54) is 14.8 Å². The fourth-order valence-corrected chi connectivity index (χ4v) is 10.6. The maximum Gasteiger partial charge on any atom is 0.171 e. The van der Waals surface area contributed by atoms with Crippen molar-refractivity contribution in [1.82, 2.24) is 15.0 Å². The van der Waals surface area contributed by atoms with Gasteiger partial charge in [-0.2, -0.15) is 0 Å². The van der Waals surface area contributed by atoms with Crippen LogP contribution in [-0.2, 0) is 4.57 Å². The highest BCUT2D eigenvalue weighted by Gasteiger charge is 2.30. The molecule has 0 N–H and O–H groups in total. The molecule has 9 aromatic rings. The number of fused-ring (bicyclic) bond motifs is 3. The largest absolute Gasteiger partial charge is 0.309 e. The molecule has 4 nitrogen and oxygen atoms in total. The summed E-state index contributed by atoms with van der Waals surface area (Å²) >= 11 is 1.78. The lowest BCUT2D eigenvalue weighted by Crippen LogP contribution is -2.25. The Labute approximate surface area is 300 Å². The Bertz CT molecular complexity index is 2670. The van der Waals surface area contributed by atoms with E-state index in [2.05, 4.69) is 60.7 Å². The molecule has 9 rings (SSSR count). The van der Waals surface area contributed by atoms with Crippen LogP contribution in [0, 0.1) is 0 Å². The molecule has 2 aromatic heterocycles. The summed E-state index contributed by atoms with van der Waals surface area (Å²) in [6.45, 7) is 0. The normalized spacial score (nSPS) is 11.6. The van der Waals surface area contributed by atoms with Gasteiger partial charge in [0.05, 0.1) is 0 Å². The van der Waals surface area contributed by atoms with E-state index < -0.39 is 7.14 Å². The van der Waals surface area contributed by atoms with Gasteiger partial charge >= 0.3 is 0 Å². The van der Waals surface area contributed by atoms with E-state index in [-0.39, 0.29) is 0 Å². The zero-order valence-electron chi connectivity index (χ0n) is 27.4. The molecule has 6 heteroatoms. The summed E-state index contributed by atoms with van der Waals surface area (Å²) in [6, 6.07) is 60.8. The van der Waals surface area contributed by atoms with Gasteiger partial charge in [0.25, 0.3) is 0 Å². The van der Waals surface area contributed by atoms with E-state index in [4.69, 9.17) is 15.0 Å². The highest BCUT2D eigenvalue weighted by Crippen LogP contribution is 2.44. The lowest BCUT2D eigenvalue weighted by molar-refractivity contribution is 0.592. The number of benzene rings is 7. The molecule has 0 aliphatic carbocycles. The zero-order chi connectivity index (χ0) is 34.2. The van der Waals surface area contributed by atoms with Crippen molar-refractivity contribution in [2.75, 3.05) is 0 Å². The molecule has 0 aliphatic heterocycles. The number of nitrogens with zero attached hydrogens (tertiary/aromatic N) is 3. The number of hydrogen-bond donors (Lipinski definition) is 0. The molecule has 0 saturated carbocycles. The quantitative estimate of drug-likeness (QED) is 0.156. The van der Waals surface area contributed by atoms with E-state index in [9.17, 15) is 0 Å². The number of aromatic nitrogens is 3. The minimum absolute atomic E-state index is 0.520. The Hall–Kier alpha value is -6.00. The van der Waals surface area contributed by atoms with E-state index in [0.717, 1.165) is 49.1 Å². The molecule has 0 spiro atoms. The number of rotatable bonds is 7. The van der Waals surface area contributed by atoms with Crippen LogP contribution >= 0.6 is 18.5 Å². The molecule has 0 bridgehead atoms. The molecular weight excluding hydrogens is 662 g/mol. The highest BCUT2D eigenvalue weighted by molar-refractivity contribution is 7.85. The van der Waals surface area contributed by atoms with Gasteiger partial charge in [-0.05, 0) is 35.4 Å². The minimum atomic E-state index is -3.23. The number of hydrogen-bond acceptors (Lipinski definition) is 5. The second-order valence-electron chi connectivity index (χ2n) is 12.4. The van der Waals surface area contributed by atoms with Crippen LogP contribution in [0.15, 0.2) is 182 Å². The van der Waals surface area contributed by atoms with Gasteiger partial charge in [-0.25, -0.2) is 15.0 Å². The van der Waals surface area contributed by atoms with Crippen LogP contribution in [0.1, 0.15) is 0 Å². The van der Waals surface area contributed by atoms with Gasteiger partial charge in [0.1, 0.15) is 0 Å². The fraction of sp³-hybridized carbons (Fsp3) is 0. The molecule has 0 aliphatic rings. The molecule has 7 aromatic carbocycles. The van der Waals surface area contributed by atoms with Gasteiger partial charge in [-0.1, -0.05) is 158 Å². The maximum absolute atomic E-state index is 15.3. The fourth-order valence-electron chi connectivity index (χ4n) is 6.73. The van der Waals surface area contributed by atoms with Crippen LogP contribution in [-0.4, -0.2) is 15.0 Å². The van der Waals surface area contributed by atoms with Crippen molar-refractivity contribution < 1.29 is 4.57 Å². The third-order valence-electron chi connectivity index (χ3n) is 9.20. The Morgan fingerprint density at radius 2 is 0.902 bits per heavy atom. The molecule has 0 radical (unpaired) electrons. The third-order valence-corrected chi connectivity index (χ3v) is 13.4. The van der Waals surface area contributed by atoms with Gasteiger partial charge in [0.15, 0.2) is 24.6 Å². The first-order valence-electron chi connectivity index (χ1n) is 16.8. The van der Waals surface area contributed by atoms with Crippen molar-refractivity contribution in [3.63, 3.8) is 0 Å². The lowest BCUT2D eigenvalue weighted by atomic mass is 9.98. The molecule has 0 amide bonds. The first-order valence-corrected chi connectivity index (χ1v) is 19.3. The van der Waals surface area contributed by atoms with Crippen molar-refractivity contribution in [3.8, 4) is 45.3 Å². The van der Waals surface area contributed by atoms with Crippen molar-refractivity contribution >= 4 is 54.6 Å². The predicted molar refractivity (Wildman–Crippen MR) is 214 cm³/mol. The summed E-state index contributed by atoms with van der Waals surface area (Å²) in [4.78, 5) is 15.5. The van der Waals surface area contributed by atoms with Crippen molar-refractivity contribution in [1.29, 1.82) is 0 Å². The van der Waals surface area contributed by atoms with Crippen LogP contribution in [0.2, 0.25) is 0 Å². The molecule has 242 valence electrons. The Morgan fingerprint density at radius 3 is 1.57 bits per heavy atom. The summed E-state index contributed by atoms with van der Waals surface area (Å²) < 4.78 is 17.7. The van der Waals surface area contributed by atoms with Crippen LogP contribution in [0.4, 0.5) is 0 Å². The summed E-state index contributed by atoms with van der Waals surface area (Å²) in [6.07, 6.45) is 0. The van der Waals surface area contributed by atoms with Gasteiger partial charge < -0.3 is 4.57 Å². The first kappa shape index (κ1) is 31.0. The molecule has 0 unspecified atom stereocenters. The lowest BCUT2D eigenvalue weighted by Gasteiger charge is -2.20. The van der Waals surface area contributed by atoms with Gasteiger partial charge in [-0.15, -0.1) is 11.3 Å². The maximum atomic E-state index is 15.3. The summed E-state index contributed by atoms with van der Waals surface area (Å²) in [5, 5.41) is 4.57. The predicted octanol–water partition coefficient (Wildman–Crippen LogP) is 10.5. The third kappa shape index (κ3) is 5.67. The Morgan fingerprint density at radius 1 is 0.392 bits per heavy atom. The Balaban J connectivity index is 1.29. The molecule has 0 atom stereocenters. The average molecular weight is 692 g/mol. The molecule has 0 saturated heterocycles. The average Bonchev–Trinajstić information content (AvgIpc) is 3.60. The minimum Gasteiger partial charge on any atom is -0.309 e. The SMILES string of the molecule is O=P(c1ccccc1)(c1ccccc1)c1cccc(-c2nc(-c3ccccc3)nc(-c3cc(-c4ccccc4)cc4sc5ccccc5c34)n2)c1. The van der Waals surface area contributed by atoms with E-state index in [1.54, 1.807) is 11.3 Å². The molecule has 51 heavy (non-hydrogen) atoms. The van der Waals surface area contributed by atoms with E-state index >= 15 is 4.57 Å². The van der Waals surface area contributed by atoms with Crippen molar-refractivity contribution in [2.45, 2.75) is 0 Å². The van der Waals surface area contributed by atoms with Gasteiger partial charge in [0, 0.05) is 52.8 Å². The van der Waals surface area contributed by atoms with E-state index in [0.29, 0.717) is 17.5 Å². The van der Waals surface area contributed by atoms with Gasteiger partial charge in [0.2, 0.25) is 0 Å². The summed E-state index contributed by atoms with van der Waals surface area (Å²) in [5.74, 6) is 1.68. The smallest absolute Gasteiger partial charge is 0.171 e. The van der Waals surface area contributed by atoms with Crippen molar-refractivity contribution in [2.24, 2.45) is 0 Å². The second-order valence-corrected chi connectivity index (χ2v) is 16.2. The first-order chi connectivity index (χ1) is 25.1.